The minimum Gasteiger partial charge on any atom is -0.455 e. The quantitative estimate of drug-likeness (QED) is 0.831. The van der Waals surface area contributed by atoms with E-state index in [-0.39, 0.29) is 6.79 Å². The van der Waals surface area contributed by atoms with Crippen LogP contribution in [0.25, 0.3) is 0 Å². The van der Waals surface area contributed by atoms with Gasteiger partial charge in [0.25, 0.3) is 0 Å². The molecule has 4 N–H and O–H groups in total. The second kappa shape index (κ2) is 4.65. The minimum absolute atomic E-state index is 0.193. The Morgan fingerprint density at radius 1 is 1.10 bits per heavy atom. The van der Waals surface area contributed by atoms with Crippen LogP contribution in [0.5, 0.6) is 23.0 Å². The van der Waals surface area contributed by atoms with Gasteiger partial charge in [-0.05, 0) is 30.3 Å². The maximum atomic E-state index is 11.2. The number of primary amides is 1. The molecule has 1 heterocycles. The van der Waals surface area contributed by atoms with Crippen LogP contribution in [0.1, 0.15) is 10.4 Å². The highest BCUT2D eigenvalue weighted by Gasteiger charge is 2.15. The number of hydrogen-bond donors (Lipinski definition) is 2. The molecule has 1 aliphatic rings. The third-order valence-corrected chi connectivity index (χ3v) is 2.87. The predicted molar refractivity (Wildman–Crippen MR) is 72.0 cm³/mol. The summed E-state index contributed by atoms with van der Waals surface area (Å²) in [4.78, 5) is 11.2. The van der Waals surface area contributed by atoms with Crippen LogP contribution >= 0.6 is 0 Å². The van der Waals surface area contributed by atoms with Crippen LogP contribution in [-0.4, -0.2) is 12.7 Å². The Morgan fingerprint density at radius 2 is 1.90 bits per heavy atom. The molecule has 0 fully saturated rings. The molecule has 0 aliphatic carbocycles. The summed E-state index contributed by atoms with van der Waals surface area (Å²) in [6.45, 7) is 0.193. The van der Waals surface area contributed by atoms with Crippen LogP contribution in [0.2, 0.25) is 0 Å². The molecule has 102 valence electrons. The van der Waals surface area contributed by atoms with E-state index in [1.54, 1.807) is 30.3 Å². The van der Waals surface area contributed by atoms with Crippen LogP contribution in [0, 0.1) is 0 Å². The van der Waals surface area contributed by atoms with Gasteiger partial charge in [-0.1, -0.05) is 0 Å². The molecule has 0 bridgehead atoms. The van der Waals surface area contributed by atoms with E-state index in [4.69, 9.17) is 25.7 Å². The molecule has 0 unspecified atom stereocenters. The lowest BCUT2D eigenvalue weighted by atomic mass is 10.2. The topological polar surface area (TPSA) is 96.8 Å². The first-order valence-electron chi connectivity index (χ1n) is 5.90. The number of nitrogen functional groups attached to an aromatic ring is 1. The number of anilines is 1. The van der Waals surface area contributed by atoms with Crippen molar-refractivity contribution < 1.29 is 19.0 Å². The second-order valence-electron chi connectivity index (χ2n) is 4.23. The van der Waals surface area contributed by atoms with Gasteiger partial charge in [-0.15, -0.1) is 0 Å². The number of ether oxygens (including phenoxy) is 3. The van der Waals surface area contributed by atoms with E-state index in [0.717, 1.165) is 0 Å². The van der Waals surface area contributed by atoms with Gasteiger partial charge in [0.05, 0.1) is 5.69 Å². The molecule has 3 rings (SSSR count). The van der Waals surface area contributed by atoms with Crippen molar-refractivity contribution in [1.29, 1.82) is 0 Å². The fourth-order valence-electron chi connectivity index (χ4n) is 1.84. The number of hydrogen-bond acceptors (Lipinski definition) is 5. The molecule has 0 atom stereocenters. The Hall–Kier alpha value is -2.89. The lowest BCUT2D eigenvalue weighted by molar-refractivity contribution is 0.1000. The molecule has 6 heteroatoms. The van der Waals surface area contributed by atoms with Gasteiger partial charge in [0.1, 0.15) is 5.75 Å². The third-order valence-electron chi connectivity index (χ3n) is 2.87. The van der Waals surface area contributed by atoms with Crippen LogP contribution in [0.4, 0.5) is 5.69 Å². The van der Waals surface area contributed by atoms with E-state index in [0.29, 0.717) is 34.2 Å². The lowest BCUT2D eigenvalue weighted by Crippen LogP contribution is -2.11. The lowest BCUT2D eigenvalue weighted by Gasteiger charge is -2.10. The first-order valence-corrected chi connectivity index (χ1v) is 5.90. The summed E-state index contributed by atoms with van der Waals surface area (Å²) >= 11 is 0. The fourth-order valence-corrected chi connectivity index (χ4v) is 1.84. The standard InChI is InChI=1S/C14H12N2O4/c15-10-3-1-8(14(16)17)5-12(10)20-9-2-4-11-13(6-9)19-7-18-11/h1-6H,7,15H2,(H2,16,17). The van der Waals surface area contributed by atoms with Crippen molar-refractivity contribution in [2.75, 3.05) is 12.5 Å². The highest BCUT2D eigenvalue weighted by molar-refractivity contribution is 5.93. The largest absolute Gasteiger partial charge is 0.455 e. The van der Waals surface area contributed by atoms with E-state index < -0.39 is 5.91 Å². The Balaban J connectivity index is 1.91. The van der Waals surface area contributed by atoms with Gasteiger partial charge in [0, 0.05) is 11.6 Å². The van der Waals surface area contributed by atoms with Crippen molar-refractivity contribution in [1.82, 2.24) is 0 Å². The van der Waals surface area contributed by atoms with Crippen LogP contribution < -0.4 is 25.7 Å². The molecule has 0 aromatic heterocycles. The van der Waals surface area contributed by atoms with Gasteiger partial charge in [0.15, 0.2) is 17.2 Å². The number of benzene rings is 2. The Bertz CT molecular complexity index is 685. The molecule has 1 amide bonds. The van der Waals surface area contributed by atoms with Crippen LogP contribution in [-0.2, 0) is 0 Å². The molecule has 0 saturated heterocycles. The summed E-state index contributed by atoms with van der Waals surface area (Å²) in [5.41, 5.74) is 11.8. The van der Waals surface area contributed by atoms with Crippen molar-refractivity contribution in [2.45, 2.75) is 0 Å². The SMILES string of the molecule is NC(=O)c1ccc(N)c(Oc2ccc3c(c2)OCO3)c1. The van der Waals surface area contributed by atoms with Crippen molar-refractivity contribution >= 4 is 11.6 Å². The molecule has 0 saturated carbocycles. The smallest absolute Gasteiger partial charge is 0.248 e. The summed E-state index contributed by atoms with van der Waals surface area (Å²) in [7, 11) is 0. The van der Waals surface area contributed by atoms with Gasteiger partial charge in [-0.3, -0.25) is 4.79 Å². The molecule has 20 heavy (non-hydrogen) atoms. The molecule has 2 aromatic rings. The van der Waals surface area contributed by atoms with E-state index in [1.807, 2.05) is 0 Å². The molecule has 6 nitrogen and oxygen atoms in total. The van der Waals surface area contributed by atoms with Gasteiger partial charge >= 0.3 is 0 Å². The fraction of sp³-hybridized carbons (Fsp3) is 0.0714. The van der Waals surface area contributed by atoms with E-state index in [9.17, 15) is 4.79 Å². The number of amides is 1. The summed E-state index contributed by atoms with van der Waals surface area (Å²) in [5, 5.41) is 0. The zero-order valence-electron chi connectivity index (χ0n) is 10.5. The average molecular weight is 272 g/mol. The molecule has 2 aromatic carbocycles. The van der Waals surface area contributed by atoms with Crippen molar-refractivity contribution in [2.24, 2.45) is 5.73 Å². The summed E-state index contributed by atoms with van der Waals surface area (Å²) in [5.74, 6) is 1.62. The normalized spacial score (nSPS) is 12.2. The summed E-state index contributed by atoms with van der Waals surface area (Å²) < 4.78 is 16.1. The Labute approximate surface area is 114 Å². The zero-order chi connectivity index (χ0) is 14.1. The van der Waals surface area contributed by atoms with Crippen LogP contribution in [0.15, 0.2) is 36.4 Å². The molecular weight excluding hydrogens is 260 g/mol. The minimum atomic E-state index is -0.541. The molecule has 0 radical (unpaired) electrons. The van der Waals surface area contributed by atoms with Gasteiger partial charge in [-0.25, -0.2) is 0 Å². The van der Waals surface area contributed by atoms with Crippen molar-refractivity contribution in [3.8, 4) is 23.0 Å². The molecule has 0 spiro atoms. The summed E-state index contributed by atoms with van der Waals surface area (Å²) in [6.07, 6.45) is 0. The monoisotopic (exact) mass is 272 g/mol. The second-order valence-corrected chi connectivity index (χ2v) is 4.23. The summed E-state index contributed by atoms with van der Waals surface area (Å²) in [6, 6.07) is 9.78. The first kappa shape index (κ1) is 12.2. The molecule has 1 aliphatic heterocycles. The first-order chi connectivity index (χ1) is 9.63. The average Bonchev–Trinajstić information content (AvgIpc) is 2.88. The Kier molecular flexibility index (Phi) is 2.83. The predicted octanol–water partition coefficient (Wildman–Crippen LogP) is 1.89. The number of carbonyl (C=O) groups is 1. The number of carbonyl (C=O) groups excluding carboxylic acids is 1. The van der Waals surface area contributed by atoms with Gasteiger partial charge < -0.3 is 25.7 Å². The van der Waals surface area contributed by atoms with E-state index in [1.165, 1.54) is 6.07 Å². The van der Waals surface area contributed by atoms with Crippen molar-refractivity contribution in [3.05, 3.63) is 42.0 Å². The highest BCUT2D eigenvalue weighted by Crippen LogP contribution is 2.37. The zero-order valence-corrected chi connectivity index (χ0v) is 10.5. The third kappa shape index (κ3) is 2.18. The van der Waals surface area contributed by atoms with E-state index >= 15 is 0 Å². The Morgan fingerprint density at radius 3 is 2.70 bits per heavy atom. The number of nitrogens with two attached hydrogens (primary N) is 2. The van der Waals surface area contributed by atoms with Crippen molar-refractivity contribution in [3.63, 3.8) is 0 Å². The van der Waals surface area contributed by atoms with Gasteiger partial charge in [-0.2, -0.15) is 0 Å². The van der Waals surface area contributed by atoms with Gasteiger partial charge in [0.2, 0.25) is 12.7 Å². The maximum Gasteiger partial charge on any atom is 0.248 e. The highest BCUT2D eigenvalue weighted by atomic mass is 16.7. The van der Waals surface area contributed by atoms with Crippen LogP contribution in [0.3, 0.4) is 0 Å². The maximum absolute atomic E-state index is 11.2. The number of fused-ring (bicyclic) bond motifs is 1. The molecular formula is C14H12N2O4. The number of rotatable bonds is 3. The van der Waals surface area contributed by atoms with E-state index in [2.05, 4.69) is 0 Å².